The highest BCUT2D eigenvalue weighted by atomic mass is 19.1. The van der Waals surface area contributed by atoms with Crippen molar-refractivity contribution in [2.24, 2.45) is 11.8 Å². The fraction of sp³-hybridized carbons (Fsp3) is 0.562. The van der Waals surface area contributed by atoms with Gasteiger partial charge in [-0.2, -0.15) is 0 Å². The van der Waals surface area contributed by atoms with Crippen LogP contribution in [0.1, 0.15) is 43.5 Å². The molecule has 3 nitrogen and oxygen atoms in total. The van der Waals surface area contributed by atoms with Gasteiger partial charge in [0.2, 0.25) is 0 Å². The van der Waals surface area contributed by atoms with Gasteiger partial charge in [-0.05, 0) is 36.8 Å². The van der Waals surface area contributed by atoms with E-state index < -0.39 is 5.82 Å². The first-order valence-electron chi connectivity index (χ1n) is 7.21. The Morgan fingerprint density at radius 3 is 2.75 bits per heavy atom. The summed E-state index contributed by atoms with van der Waals surface area (Å²) in [6.45, 7) is 4.34. The highest BCUT2D eigenvalue weighted by Gasteiger charge is 2.32. The summed E-state index contributed by atoms with van der Waals surface area (Å²) in [6, 6.07) is 4.46. The average Bonchev–Trinajstić information content (AvgIpc) is 2.79. The van der Waals surface area contributed by atoms with E-state index in [1.165, 1.54) is 19.2 Å². The molecule has 1 aliphatic carbocycles. The van der Waals surface area contributed by atoms with Gasteiger partial charge in [-0.1, -0.05) is 20.3 Å². The van der Waals surface area contributed by atoms with Crippen LogP contribution in [0.15, 0.2) is 18.2 Å². The van der Waals surface area contributed by atoms with Crippen LogP contribution >= 0.6 is 0 Å². The normalized spacial score (nSPS) is 25.5. The molecule has 1 aromatic carbocycles. The molecule has 0 aromatic heterocycles. The van der Waals surface area contributed by atoms with Crippen molar-refractivity contribution in [3.8, 4) is 5.75 Å². The maximum Gasteiger partial charge on any atom is 0.254 e. The summed E-state index contributed by atoms with van der Waals surface area (Å²) in [5, 5.41) is 2.97. The molecule has 1 N–H and O–H groups in total. The molecule has 20 heavy (non-hydrogen) atoms. The SMILES string of the molecule is CCC1CCC(NC(=O)c2ccc(OC)cc2F)C1C. The number of carbonyl (C=O) groups is 1. The molecule has 3 atom stereocenters. The van der Waals surface area contributed by atoms with E-state index in [0.29, 0.717) is 17.6 Å². The zero-order valence-corrected chi connectivity index (χ0v) is 12.3. The third kappa shape index (κ3) is 2.94. The van der Waals surface area contributed by atoms with Gasteiger partial charge in [0.1, 0.15) is 11.6 Å². The number of carbonyl (C=O) groups excluding carboxylic acids is 1. The molecule has 110 valence electrons. The number of amides is 1. The number of ether oxygens (including phenoxy) is 1. The first-order chi connectivity index (χ1) is 9.56. The highest BCUT2D eigenvalue weighted by Crippen LogP contribution is 2.34. The maximum absolute atomic E-state index is 13.9. The van der Waals surface area contributed by atoms with E-state index in [1.807, 2.05) is 0 Å². The number of rotatable bonds is 4. The van der Waals surface area contributed by atoms with Crippen molar-refractivity contribution < 1.29 is 13.9 Å². The molecule has 1 amide bonds. The van der Waals surface area contributed by atoms with Crippen LogP contribution in [-0.4, -0.2) is 19.1 Å². The molecule has 0 radical (unpaired) electrons. The fourth-order valence-corrected chi connectivity index (χ4v) is 3.08. The van der Waals surface area contributed by atoms with E-state index in [-0.39, 0.29) is 17.5 Å². The number of halogens is 1. The second-order valence-corrected chi connectivity index (χ2v) is 5.53. The molecule has 3 unspecified atom stereocenters. The summed E-state index contributed by atoms with van der Waals surface area (Å²) < 4.78 is 18.8. The third-order valence-corrected chi connectivity index (χ3v) is 4.49. The molecular formula is C16H22FNO2. The zero-order chi connectivity index (χ0) is 14.7. The minimum absolute atomic E-state index is 0.0814. The van der Waals surface area contributed by atoms with E-state index in [2.05, 4.69) is 19.2 Å². The smallest absolute Gasteiger partial charge is 0.254 e. The van der Waals surface area contributed by atoms with Crippen molar-refractivity contribution in [2.75, 3.05) is 7.11 Å². The van der Waals surface area contributed by atoms with Crippen molar-refractivity contribution in [2.45, 2.75) is 39.2 Å². The standard InChI is InChI=1S/C16H22FNO2/c1-4-11-5-8-15(10(11)2)18-16(19)13-7-6-12(20-3)9-14(13)17/h6-7,9-11,15H,4-5,8H2,1-3H3,(H,18,19). The van der Waals surface area contributed by atoms with Crippen LogP contribution < -0.4 is 10.1 Å². The lowest BCUT2D eigenvalue weighted by molar-refractivity contribution is 0.0922. The van der Waals surface area contributed by atoms with Crippen LogP contribution in [0, 0.1) is 17.7 Å². The number of benzene rings is 1. The summed E-state index contributed by atoms with van der Waals surface area (Å²) in [7, 11) is 1.47. The van der Waals surface area contributed by atoms with Crippen LogP contribution in [0.4, 0.5) is 4.39 Å². The molecule has 0 heterocycles. The Balaban J connectivity index is 2.05. The largest absolute Gasteiger partial charge is 0.497 e. The Bertz CT molecular complexity index is 489. The number of methoxy groups -OCH3 is 1. The summed E-state index contributed by atoms with van der Waals surface area (Å²) in [4.78, 5) is 12.2. The fourth-order valence-electron chi connectivity index (χ4n) is 3.08. The topological polar surface area (TPSA) is 38.3 Å². The lowest BCUT2D eigenvalue weighted by Gasteiger charge is -2.21. The second kappa shape index (κ2) is 6.25. The molecule has 1 aromatic rings. The number of hydrogen-bond acceptors (Lipinski definition) is 2. The quantitative estimate of drug-likeness (QED) is 0.917. The Kier molecular flexibility index (Phi) is 4.63. The van der Waals surface area contributed by atoms with Gasteiger partial charge in [-0.25, -0.2) is 4.39 Å². The maximum atomic E-state index is 13.9. The van der Waals surface area contributed by atoms with Crippen molar-refractivity contribution in [3.63, 3.8) is 0 Å². The Hall–Kier alpha value is -1.58. The van der Waals surface area contributed by atoms with Crippen LogP contribution in [-0.2, 0) is 0 Å². The van der Waals surface area contributed by atoms with Gasteiger partial charge >= 0.3 is 0 Å². The molecule has 1 fully saturated rings. The third-order valence-electron chi connectivity index (χ3n) is 4.49. The molecule has 2 rings (SSSR count). The predicted octanol–water partition coefficient (Wildman–Crippen LogP) is 3.39. The van der Waals surface area contributed by atoms with E-state index in [9.17, 15) is 9.18 Å². The Labute approximate surface area is 119 Å². The Morgan fingerprint density at radius 1 is 1.45 bits per heavy atom. The summed E-state index contributed by atoms with van der Waals surface area (Å²) >= 11 is 0. The van der Waals surface area contributed by atoms with E-state index >= 15 is 0 Å². The zero-order valence-electron chi connectivity index (χ0n) is 12.3. The molecule has 0 bridgehead atoms. The van der Waals surface area contributed by atoms with Crippen molar-refractivity contribution in [1.29, 1.82) is 0 Å². The van der Waals surface area contributed by atoms with Gasteiger partial charge < -0.3 is 10.1 Å². The van der Waals surface area contributed by atoms with Gasteiger partial charge in [0, 0.05) is 12.1 Å². The minimum Gasteiger partial charge on any atom is -0.497 e. The average molecular weight is 279 g/mol. The van der Waals surface area contributed by atoms with E-state index in [1.54, 1.807) is 6.07 Å². The summed E-state index contributed by atoms with van der Waals surface area (Å²) in [6.07, 6.45) is 3.24. The van der Waals surface area contributed by atoms with Crippen molar-refractivity contribution >= 4 is 5.91 Å². The monoisotopic (exact) mass is 279 g/mol. The molecule has 0 spiro atoms. The van der Waals surface area contributed by atoms with Crippen molar-refractivity contribution in [1.82, 2.24) is 5.32 Å². The number of hydrogen-bond donors (Lipinski definition) is 1. The lowest BCUT2D eigenvalue weighted by Crippen LogP contribution is -2.37. The molecule has 0 aliphatic heterocycles. The second-order valence-electron chi connectivity index (χ2n) is 5.53. The first kappa shape index (κ1) is 14.8. The van der Waals surface area contributed by atoms with Crippen molar-refractivity contribution in [3.05, 3.63) is 29.6 Å². The van der Waals surface area contributed by atoms with E-state index in [4.69, 9.17) is 4.74 Å². The molecule has 4 heteroatoms. The van der Waals surface area contributed by atoms with Gasteiger partial charge in [-0.15, -0.1) is 0 Å². The molecule has 0 saturated heterocycles. The van der Waals surface area contributed by atoms with Gasteiger partial charge in [0.15, 0.2) is 0 Å². The Morgan fingerprint density at radius 2 is 2.20 bits per heavy atom. The van der Waals surface area contributed by atoms with Crippen LogP contribution in [0.2, 0.25) is 0 Å². The minimum atomic E-state index is -0.542. The van der Waals surface area contributed by atoms with E-state index in [0.717, 1.165) is 19.3 Å². The van der Waals surface area contributed by atoms with Crippen LogP contribution in [0.5, 0.6) is 5.75 Å². The molecular weight excluding hydrogens is 257 g/mol. The molecule has 1 saturated carbocycles. The molecule has 1 aliphatic rings. The summed E-state index contributed by atoms with van der Waals surface area (Å²) in [5.41, 5.74) is 0.0814. The van der Waals surface area contributed by atoms with Crippen LogP contribution in [0.25, 0.3) is 0 Å². The van der Waals surface area contributed by atoms with Gasteiger partial charge in [0.05, 0.1) is 12.7 Å². The summed E-state index contributed by atoms with van der Waals surface area (Å²) in [5.74, 6) is 0.643. The van der Waals surface area contributed by atoms with Gasteiger partial charge in [0.25, 0.3) is 5.91 Å². The van der Waals surface area contributed by atoms with Crippen LogP contribution in [0.3, 0.4) is 0 Å². The lowest BCUT2D eigenvalue weighted by atomic mass is 9.93. The van der Waals surface area contributed by atoms with Gasteiger partial charge in [-0.3, -0.25) is 4.79 Å². The first-order valence-corrected chi connectivity index (χ1v) is 7.21. The predicted molar refractivity (Wildman–Crippen MR) is 76.4 cm³/mol. The number of nitrogens with one attached hydrogen (secondary N) is 1. The highest BCUT2D eigenvalue weighted by molar-refractivity contribution is 5.94.